The first-order valence-electron chi connectivity index (χ1n) is 4.52. The summed E-state index contributed by atoms with van der Waals surface area (Å²) in [5.41, 5.74) is 0.749. The molecule has 0 radical (unpaired) electrons. The maximum atomic E-state index is 3.48. The Labute approximate surface area is 63.2 Å². The van der Waals surface area contributed by atoms with E-state index in [0.29, 0.717) is 0 Å². The van der Waals surface area contributed by atoms with Crippen LogP contribution in [0.5, 0.6) is 0 Å². The van der Waals surface area contributed by atoms with E-state index in [1.165, 1.54) is 38.8 Å². The van der Waals surface area contributed by atoms with Gasteiger partial charge in [0.1, 0.15) is 0 Å². The molecule has 2 fully saturated rings. The molecule has 0 bridgehead atoms. The third kappa shape index (κ3) is 0.968. The number of hydrogen-bond donors (Lipinski definition) is 1. The Morgan fingerprint density at radius 2 is 2.30 bits per heavy atom. The van der Waals surface area contributed by atoms with Gasteiger partial charge in [-0.3, -0.25) is 0 Å². The van der Waals surface area contributed by atoms with E-state index in [4.69, 9.17) is 0 Å². The van der Waals surface area contributed by atoms with Crippen LogP contribution in [0.4, 0.5) is 0 Å². The molecule has 1 saturated heterocycles. The summed E-state index contributed by atoms with van der Waals surface area (Å²) in [6.07, 6.45) is 5.89. The monoisotopic (exact) mass is 139 g/mol. The van der Waals surface area contributed by atoms with Gasteiger partial charge in [0.05, 0.1) is 0 Å². The van der Waals surface area contributed by atoms with Gasteiger partial charge in [-0.25, -0.2) is 0 Å². The van der Waals surface area contributed by atoms with Crippen LogP contribution >= 0.6 is 0 Å². The minimum Gasteiger partial charge on any atom is -0.316 e. The van der Waals surface area contributed by atoms with Crippen molar-refractivity contribution in [1.82, 2.24) is 5.32 Å². The second-order valence-electron chi connectivity index (χ2n) is 4.27. The van der Waals surface area contributed by atoms with Crippen molar-refractivity contribution in [1.29, 1.82) is 0 Å². The molecule has 0 amide bonds. The molecule has 1 aliphatic carbocycles. The first kappa shape index (κ1) is 6.66. The standard InChI is InChI=1S/C9H17N/c1-8-2-3-9(6-8)4-5-10-7-9/h8,10H,2-7H2,1H3/t8-,9-/m1/s1. The van der Waals surface area contributed by atoms with Crippen molar-refractivity contribution in [3.05, 3.63) is 0 Å². The molecule has 0 aromatic rings. The van der Waals surface area contributed by atoms with Gasteiger partial charge in [0.15, 0.2) is 0 Å². The lowest BCUT2D eigenvalue weighted by molar-refractivity contribution is 0.324. The van der Waals surface area contributed by atoms with Gasteiger partial charge in [-0.1, -0.05) is 13.3 Å². The van der Waals surface area contributed by atoms with Crippen molar-refractivity contribution in [2.45, 2.75) is 32.6 Å². The summed E-state index contributed by atoms with van der Waals surface area (Å²) in [5.74, 6) is 1.000. The fraction of sp³-hybridized carbons (Fsp3) is 1.00. The van der Waals surface area contributed by atoms with Crippen LogP contribution in [0.1, 0.15) is 32.6 Å². The summed E-state index contributed by atoms with van der Waals surface area (Å²) < 4.78 is 0. The zero-order valence-corrected chi connectivity index (χ0v) is 6.82. The molecule has 10 heavy (non-hydrogen) atoms. The van der Waals surface area contributed by atoms with E-state index < -0.39 is 0 Å². The van der Waals surface area contributed by atoms with E-state index in [-0.39, 0.29) is 0 Å². The zero-order valence-electron chi connectivity index (χ0n) is 6.82. The lowest BCUT2D eigenvalue weighted by atomic mass is 9.85. The molecule has 1 nitrogen and oxygen atoms in total. The quantitative estimate of drug-likeness (QED) is 0.539. The van der Waals surface area contributed by atoms with Crippen molar-refractivity contribution < 1.29 is 0 Å². The van der Waals surface area contributed by atoms with Crippen LogP contribution in [-0.2, 0) is 0 Å². The molecule has 2 aliphatic rings. The smallest absolute Gasteiger partial charge is 0.000839 e. The van der Waals surface area contributed by atoms with Crippen LogP contribution in [0.3, 0.4) is 0 Å². The Hall–Kier alpha value is -0.0400. The number of rotatable bonds is 0. The lowest BCUT2D eigenvalue weighted by Gasteiger charge is -2.20. The van der Waals surface area contributed by atoms with Crippen LogP contribution < -0.4 is 5.32 Å². The highest BCUT2D eigenvalue weighted by molar-refractivity contribution is 4.93. The summed E-state index contributed by atoms with van der Waals surface area (Å²) in [5, 5.41) is 3.48. The summed E-state index contributed by atoms with van der Waals surface area (Å²) in [7, 11) is 0. The van der Waals surface area contributed by atoms with E-state index in [2.05, 4.69) is 12.2 Å². The Kier molecular flexibility index (Phi) is 1.48. The Bertz CT molecular complexity index is 125. The third-order valence-electron chi connectivity index (χ3n) is 3.28. The molecule has 1 aliphatic heterocycles. The van der Waals surface area contributed by atoms with E-state index in [1.807, 2.05) is 0 Å². The summed E-state index contributed by atoms with van der Waals surface area (Å²) in [6, 6.07) is 0. The highest BCUT2D eigenvalue weighted by Crippen LogP contribution is 2.45. The largest absolute Gasteiger partial charge is 0.316 e. The van der Waals surface area contributed by atoms with Crippen molar-refractivity contribution in [2.75, 3.05) is 13.1 Å². The second kappa shape index (κ2) is 2.23. The average molecular weight is 139 g/mol. The predicted octanol–water partition coefficient (Wildman–Crippen LogP) is 1.79. The van der Waals surface area contributed by atoms with Gasteiger partial charge in [-0.05, 0) is 37.1 Å². The van der Waals surface area contributed by atoms with Crippen LogP contribution in [0.2, 0.25) is 0 Å². The van der Waals surface area contributed by atoms with E-state index in [0.717, 1.165) is 11.3 Å². The first-order chi connectivity index (χ1) is 4.81. The second-order valence-corrected chi connectivity index (χ2v) is 4.27. The predicted molar refractivity (Wildman–Crippen MR) is 42.9 cm³/mol. The minimum absolute atomic E-state index is 0.749. The Balaban J connectivity index is 2.03. The van der Waals surface area contributed by atoms with Crippen molar-refractivity contribution in [3.8, 4) is 0 Å². The van der Waals surface area contributed by atoms with Gasteiger partial charge in [0, 0.05) is 6.54 Å². The van der Waals surface area contributed by atoms with Crippen LogP contribution in [0.15, 0.2) is 0 Å². The third-order valence-corrected chi connectivity index (χ3v) is 3.28. The Morgan fingerprint density at radius 3 is 2.80 bits per heavy atom. The van der Waals surface area contributed by atoms with E-state index >= 15 is 0 Å². The van der Waals surface area contributed by atoms with E-state index in [9.17, 15) is 0 Å². The van der Waals surface area contributed by atoms with E-state index in [1.54, 1.807) is 0 Å². The van der Waals surface area contributed by atoms with Crippen LogP contribution in [0.25, 0.3) is 0 Å². The first-order valence-corrected chi connectivity index (χ1v) is 4.52. The molecular weight excluding hydrogens is 122 g/mol. The van der Waals surface area contributed by atoms with Gasteiger partial charge in [0.2, 0.25) is 0 Å². The van der Waals surface area contributed by atoms with Gasteiger partial charge < -0.3 is 5.32 Å². The van der Waals surface area contributed by atoms with Gasteiger partial charge >= 0.3 is 0 Å². The molecule has 0 unspecified atom stereocenters. The molecule has 1 spiro atoms. The number of hydrogen-bond acceptors (Lipinski definition) is 1. The summed E-state index contributed by atoms with van der Waals surface area (Å²) >= 11 is 0. The maximum absolute atomic E-state index is 3.48. The molecule has 1 N–H and O–H groups in total. The highest BCUT2D eigenvalue weighted by atomic mass is 14.9. The van der Waals surface area contributed by atoms with Crippen molar-refractivity contribution in [2.24, 2.45) is 11.3 Å². The molecule has 58 valence electrons. The normalized spacial score (nSPS) is 47.1. The zero-order chi connectivity index (χ0) is 7.03. The van der Waals surface area contributed by atoms with Gasteiger partial charge in [-0.15, -0.1) is 0 Å². The topological polar surface area (TPSA) is 12.0 Å². The van der Waals surface area contributed by atoms with Crippen molar-refractivity contribution >= 4 is 0 Å². The van der Waals surface area contributed by atoms with Crippen molar-refractivity contribution in [3.63, 3.8) is 0 Å². The fourth-order valence-corrected chi connectivity index (χ4v) is 2.68. The molecule has 2 rings (SSSR count). The van der Waals surface area contributed by atoms with Gasteiger partial charge in [0.25, 0.3) is 0 Å². The molecule has 2 atom stereocenters. The molecule has 1 heterocycles. The molecular formula is C9H17N. The fourth-order valence-electron chi connectivity index (χ4n) is 2.68. The average Bonchev–Trinajstić information content (AvgIpc) is 2.46. The van der Waals surface area contributed by atoms with Gasteiger partial charge in [-0.2, -0.15) is 0 Å². The molecule has 1 heteroatoms. The Morgan fingerprint density at radius 1 is 1.40 bits per heavy atom. The summed E-state index contributed by atoms with van der Waals surface area (Å²) in [4.78, 5) is 0. The minimum atomic E-state index is 0.749. The molecule has 0 aromatic heterocycles. The van der Waals surface area contributed by atoms with Crippen LogP contribution in [-0.4, -0.2) is 13.1 Å². The maximum Gasteiger partial charge on any atom is 0.000839 e. The lowest BCUT2D eigenvalue weighted by Crippen LogP contribution is -2.20. The SMILES string of the molecule is C[C@@H]1CC[C@@]2(CCNC2)C1. The molecule has 0 aromatic carbocycles. The number of nitrogens with one attached hydrogen (secondary N) is 1. The highest BCUT2D eigenvalue weighted by Gasteiger charge is 2.39. The molecule has 1 saturated carbocycles. The summed E-state index contributed by atoms with van der Waals surface area (Å²) in [6.45, 7) is 4.97. The van der Waals surface area contributed by atoms with Crippen LogP contribution in [0, 0.1) is 11.3 Å².